The van der Waals surface area contributed by atoms with E-state index >= 15 is 0 Å². The quantitative estimate of drug-likeness (QED) is 0.900. The van der Waals surface area contributed by atoms with E-state index in [1.807, 2.05) is 19.9 Å². The Hall–Kier alpha value is -1.73. The molecule has 2 atom stereocenters. The normalized spacial score (nSPS) is 21.6. The fourth-order valence-corrected chi connectivity index (χ4v) is 3.45. The summed E-state index contributed by atoms with van der Waals surface area (Å²) < 4.78 is 5.69. The first-order chi connectivity index (χ1) is 10.1. The molecule has 112 valence electrons. The molecule has 0 radical (unpaired) electrons. The number of aromatic nitrogens is 3. The third-order valence-electron chi connectivity index (χ3n) is 3.59. The summed E-state index contributed by atoms with van der Waals surface area (Å²) in [5.74, 6) is -0.0107. The Labute approximate surface area is 126 Å². The van der Waals surface area contributed by atoms with Crippen molar-refractivity contribution in [2.45, 2.75) is 38.8 Å². The van der Waals surface area contributed by atoms with E-state index in [1.54, 1.807) is 17.5 Å². The Morgan fingerprint density at radius 3 is 3.10 bits per heavy atom. The van der Waals surface area contributed by atoms with E-state index in [9.17, 15) is 4.79 Å². The van der Waals surface area contributed by atoms with Gasteiger partial charge in [-0.05, 0) is 26.3 Å². The summed E-state index contributed by atoms with van der Waals surface area (Å²) in [7, 11) is 0. The minimum absolute atomic E-state index is 0.0107. The van der Waals surface area contributed by atoms with Gasteiger partial charge in [-0.2, -0.15) is 5.10 Å². The van der Waals surface area contributed by atoms with Crippen LogP contribution >= 0.6 is 11.3 Å². The monoisotopic (exact) mass is 306 g/mol. The first-order valence-electron chi connectivity index (χ1n) is 6.96. The number of hydrogen-bond donors (Lipinski definition) is 2. The average molecular weight is 306 g/mol. The number of nitrogens with zero attached hydrogens (tertiary/aromatic N) is 2. The highest BCUT2D eigenvalue weighted by Crippen LogP contribution is 2.27. The zero-order chi connectivity index (χ0) is 14.8. The highest BCUT2D eigenvalue weighted by Gasteiger charge is 2.32. The number of thiazole rings is 1. The number of carbonyl (C=O) groups excluding carboxylic acids is 1. The molecule has 3 heterocycles. The van der Waals surface area contributed by atoms with E-state index in [2.05, 4.69) is 20.5 Å². The van der Waals surface area contributed by atoms with E-state index in [0.717, 1.165) is 27.7 Å². The van der Waals surface area contributed by atoms with Crippen molar-refractivity contribution in [1.82, 2.24) is 20.5 Å². The predicted molar refractivity (Wildman–Crippen MR) is 79.1 cm³/mol. The van der Waals surface area contributed by atoms with Crippen LogP contribution in [0.5, 0.6) is 0 Å². The summed E-state index contributed by atoms with van der Waals surface area (Å²) in [6, 6.07) is 1.86. The Bertz CT molecular complexity index is 623. The minimum Gasteiger partial charge on any atom is -0.370 e. The fraction of sp³-hybridized carbons (Fsp3) is 0.500. The van der Waals surface area contributed by atoms with Gasteiger partial charge in [-0.1, -0.05) is 0 Å². The van der Waals surface area contributed by atoms with Gasteiger partial charge in [-0.3, -0.25) is 9.89 Å². The second-order valence-corrected chi connectivity index (χ2v) is 6.59. The maximum atomic E-state index is 12.2. The molecule has 1 saturated heterocycles. The van der Waals surface area contributed by atoms with Crippen LogP contribution in [-0.2, 0) is 16.0 Å². The predicted octanol–water partition coefficient (Wildman–Crippen LogP) is 1.67. The summed E-state index contributed by atoms with van der Waals surface area (Å²) in [6.07, 6.45) is 2.68. The first-order valence-corrected chi connectivity index (χ1v) is 7.78. The van der Waals surface area contributed by atoms with Crippen LogP contribution in [0.15, 0.2) is 12.3 Å². The highest BCUT2D eigenvalue weighted by atomic mass is 32.1. The lowest BCUT2D eigenvalue weighted by Crippen LogP contribution is -2.38. The fourth-order valence-electron chi connectivity index (χ4n) is 2.61. The molecule has 6 nitrogen and oxygen atoms in total. The van der Waals surface area contributed by atoms with Crippen molar-refractivity contribution in [3.8, 4) is 0 Å². The number of H-pyrrole nitrogens is 1. The van der Waals surface area contributed by atoms with Gasteiger partial charge < -0.3 is 10.1 Å². The summed E-state index contributed by atoms with van der Waals surface area (Å²) in [4.78, 5) is 17.7. The number of amides is 1. The number of nitrogens with one attached hydrogen (secondary N) is 2. The van der Waals surface area contributed by atoms with Crippen molar-refractivity contribution < 1.29 is 9.53 Å². The number of aryl methyl sites for hydroxylation is 2. The molecule has 1 aliphatic heterocycles. The zero-order valence-corrected chi connectivity index (χ0v) is 12.9. The SMILES string of the molecule is Cc1nc(CC(=O)N[C@@H]2CCO[C@H]2c2ccn[nH]2)c(C)s1. The first kappa shape index (κ1) is 14.2. The highest BCUT2D eigenvalue weighted by molar-refractivity contribution is 7.11. The number of ether oxygens (including phenoxy) is 1. The van der Waals surface area contributed by atoms with Crippen LogP contribution in [0, 0.1) is 13.8 Å². The lowest BCUT2D eigenvalue weighted by molar-refractivity contribution is -0.121. The van der Waals surface area contributed by atoms with Crippen LogP contribution < -0.4 is 5.32 Å². The van der Waals surface area contributed by atoms with E-state index in [4.69, 9.17) is 4.74 Å². The van der Waals surface area contributed by atoms with Gasteiger partial charge in [0.1, 0.15) is 6.10 Å². The smallest absolute Gasteiger partial charge is 0.226 e. The van der Waals surface area contributed by atoms with E-state index in [0.29, 0.717) is 13.0 Å². The van der Waals surface area contributed by atoms with Crippen LogP contribution in [-0.4, -0.2) is 33.7 Å². The molecule has 1 fully saturated rings. The standard InChI is InChI=1S/C14H18N4O2S/c1-8-12(16-9(2)21-8)7-13(19)17-10-4-6-20-14(10)11-3-5-15-18-11/h3,5,10,14H,4,6-7H2,1-2H3,(H,15,18)(H,17,19)/t10-,14-/m1/s1. The molecule has 0 bridgehead atoms. The van der Waals surface area contributed by atoms with Gasteiger partial charge in [0.15, 0.2) is 0 Å². The maximum Gasteiger partial charge on any atom is 0.226 e. The average Bonchev–Trinajstić information content (AvgIpc) is 3.11. The van der Waals surface area contributed by atoms with Crippen molar-refractivity contribution in [2.75, 3.05) is 6.61 Å². The van der Waals surface area contributed by atoms with Crippen LogP contribution in [0.3, 0.4) is 0 Å². The molecule has 1 amide bonds. The van der Waals surface area contributed by atoms with Crippen LogP contribution in [0.2, 0.25) is 0 Å². The molecule has 0 spiro atoms. The Balaban J connectivity index is 1.63. The van der Waals surface area contributed by atoms with Crippen LogP contribution in [0.1, 0.15) is 33.8 Å². The Morgan fingerprint density at radius 2 is 2.43 bits per heavy atom. The summed E-state index contributed by atoms with van der Waals surface area (Å²) in [5, 5.41) is 10.9. The van der Waals surface area contributed by atoms with Gasteiger partial charge in [0.25, 0.3) is 0 Å². The van der Waals surface area contributed by atoms with Crippen LogP contribution in [0.25, 0.3) is 0 Å². The molecule has 0 unspecified atom stereocenters. The van der Waals surface area contributed by atoms with Gasteiger partial charge in [-0.15, -0.1) is 11.3 Å². The number of rotatable bonds is 4. The van der Waals surface area contributed by atoms with Gasteiger partial charge >= 0.3 is 0 Å². The van der Waals surface area contributed by atoms with E-state index in [-0.39, 0.29) is 18.1 Å². The van der Waals surface area contributed by atoms with Crippen molar-refractivity contribution in [3.05, 3.63) is 33.5 Å². The maximum absolute atomic E-state index is 12.2. The molecule has 2 aromatic heterocycles. The van der Waals surface area contributed by atoms with Crippen molar-refractivity contribution in [3.63, 3.8) is 0 Å². The molecule has 2 aromatic rings. The van der Waals surface area contributed by atoms with Gasteiger partial charge in [0, 0.05) is 17.7 Å². The third-order valence-corrected chi connectivity index (χ3v) is 4.52. The van der Waals surface area contributed by atoms with E-state index < -0.39 is 0 Å². The third kappa shape index (κ3) is 3.14. The number of hydrogen-bond acceptors (Lipinski definition) is 5. The topological polar surface area (TPSA) is 79.9 Å². The zero-order valence-electron chi connectivity index (χ0n) is 12.0. The summed E-state index contributed by atoms with van der Waals surface area (Å²) in [5.41, 5.74) is 1.77. The lowest BCUT2D eigenvalue weighted by atomic mass is 10.1. The van der Waals surface area contributed by atoms with Gasteiger partial charge in [0.2, 0.25) is 5.91 Å². The van der Waals surface area contributed by atoms with Crippen molar-refractivity contribution in [1.29, 1.82) is 0 Å². The second-order valence-electron chi connectivity index (χ2n) is 5.18. The number of carbonyl (C=O) groups is 1. The molecule has 2 N–H and O–H groups in total. The molecular formula is C14H18N4O2S. The summed E-state index contributed by atoms with van der Waals surface area (Å²) in [6.45, 7) is 4.60. The molecule has 0 saturated carbocycles. The van der Waals surface area contributed by atoms with Crippen LogP contribution in [0.4, 0.5) is 0 Å². The largest absolute Gasteiger partial charge is 0.370 e. The molecular weight excluding hydrogens is 288 g/mol. The van der Waals surface area contributed by atoms with E-state index in [1.165, 1.54) is 0 Å². The molecule has 1 aliphatic rings. The number of aromatic amines is 1. The Kier molecular flexibility index (Phi) is 4.03. The second kappa shape index (κ2) is 5.95. The van der Waals surface area contributed by atoms with Crippen molar-refractivity contribution >= 4 is 17.2 Å². The summed E-state index contributed by atoms with van der Waals surface area (Å²) >= 11 is 1.62. The van der Waals surface area contributed by atoms with Gasteiger partial charge in [-0.25, -0.2) is 4.98 Å². The molecule has 0 aromatic carbocycles. The molecule has 21 heavy (non-hydrogen) atoms. The van der Waals surface area contributed by atoms with Crippen molar-refractivity contribution in [2.24, 2.45) is 0 Å². The minimum atomic E-state index is -0.144. The molecule has 7 heteroatoms. The lowest BCUT2D eigenvalue weighted by Gasteiger charge is -2.18. The molecule has 0 aliphatic carbocycles. The van der Waals surface area contributed by atoms with Gasteiger partial charge in [0.05, 0.1) is 28.9 Å². The molecule has 3 rings (SSSR count). The Morgan fingerprint density at radius 1 is 1.57 bits per heavy atom.